The Hall–Kier alpha value is -0.130. The number of methoxy groups -OCH3 is 1. The lowest BCUT2D eigenvalue weighted by Gasteiger charge is -2.33. The first-order valence-corrected chi connectivity index (χ1v) is 8.60. The molecule has 0 rings (SSSR count). The molecule has 5 heteroatoms. The zero-order valence-corrected chi connectivity index (χ0v) is 13.3. The average Bonchev–Trinajstić information content (AvgIpc) is 2.31. The van der Waals surface area contributed by atoms with Crippen LogP contribution < -0.4 is 5.32 Å². The molecule has 0 aromatic heterocycles. The topological polar surface area (TPSA) is 55.4 Å². The quantitative estimate of drug-likeness (QED) is 0.664. The summed E-state index contributed by atoms with van der Waals surface area (Å²) in [6.45, 7) is 8.73. The molecule has 4 nitrogen and oxygen atoms in total. The Morgan fingerprint density at radius 1 is 1.22 bits per heavy atom. The first-order valence-electron chi connectivity index (χ1n) is 6.78. The Bertz CT molecular complexity index is 312. The van der Waals surface area contributed by atoms with Crippen molar-refractivity contribution < 1.29 is 13.2 Å². The molecule has 0 fully saturated rings. The fourth-order valence-electron chi connectivity index (χ4n) is 1.67. The highest BCUT2D eigenvalue weighted by Gasteiger charge is 2.32. The van der Waals surface area contributed by atoms with Crippen molar-refractivity contribution in [2.45, 2.75) is 58.6 Å². The molecule has 1 N–H and O–H groups in total. The van der Waals surface area contributed by atoms with Crippen molar-refractivity contribution in [2.75, 3.05) is 25.2 Å². The van der Waals surface area contributed by atoms with E-state index in [0.717, 1.165) is 25.8 Å². The monoisotopic (exact) mass is 279 g/mol. The average molecular weight is 279 g/mol. The SMILES string of the molecule is CCCCS(=O)(=O)CC(NCCC)C(C)(C)OC. The van der Waals surface area contributed by atoms with E-state index in [0.29, 0.717) is 0 Å². The lowest BCUT2D eigenvalue weighted by Crippen LogP contribution is -2.52. The van der Waals surface area contributed by atoms with E-state index in [1.807, 2.05) is 20.8 Å². The van der Waals surface area contributed by atoms with Gasteiger partial charge in [-0.15, -0.1) is 0 Å². The van der Waals surface area contributed by atoms with E-state index >= 15 is 0 Å². The molecule has 0 saturated heterocycles. The molecule has 0 amide bonds. The lowest BCUT2D eigenvalue weighted by molar-refractivity contribution is -0.00391. The minimum absolute atomic E-state index is 0.147. The molecule has 0 aliphatic carbocycles. The highest BCUT2D eigenvalue weighted by molar-refractivity contribution is 7.91. The first-order chi connectivity index (χ1) is 8.29. The number of rotatable bonds is 10. The minimum atomic E-state index is -3.01. The van der Waals surface area contributed by atoms with Gasteiger partial charge < -0.3 is 10.1 Å². The molecule has 1 unspecified atom stereocenters. The molecule has 0 spiro atoms. The van der Waals surface area contributed by atoms with Crippen LogP contribution in [-0.4, -0.2) is 45.2 Å². The second-order valence-electron chi connectivity index (χ2n) is 5.28. The van der Waals surface area contributed by atoms with Gasteiger partial charge in [0.15, 0.2) is 9.84 Å². The van der Waals surface area contributed by atoms with Crippen LogP contribution in [0.3, 0.4) is 0 Å². The van der Waals surface area contributed by atoms with Crippen LogP contribution in [0.1, 0.15) is 47.0 Å². The van der Waals surface area contributed by atoms with E-state index in [-0.39, 0.29) is 17.5 Å². The van der Waals surface area contributed by atoms with Gasteiger partial charge in [0.25, 0.3) is 0 Å². The Labute approximate surface area is 112 Å². The summed E-state index contributed by atoms with van der Waals surface area (Å²) >= 11 is 0. The smallest absolute Gasteiger partial charge is 0.151 e. The first kappa shape index (κ1) is 17.9. The van der Waals surface area contributed by atoms with Crippen LogP contribution in [-0.2, 0) is 14.6 Å². The summed E-state index contributed by atoms with van der Waals surface area (Å²) in [7, 11) is -1.38. The molecule has 0 aromatic rings. The fourth-order valence-corrected chi connectivity index (χ4v) is 3.59. The van der Waals surface area contributed by atoms with Crippen LogP contribution >= 0.6 is 0 Å². The molecule has 0 radical (unpaired) electrons. The van der Waals surface area contributed by atoms with Gasteiger partial charge in [-0.05, 0) is 33.2 Å². The third kappa shape index (κ3) is 6.71. The van der Waals surface area contributed by atoms with Gasteiger partial charge in [-0.3, -0.25) is 0 Å². The molecule has 0 saturated carbocycles. The molecule has 0 bridgehead atoms. The molecule has 1 atom stereocenters. The van der Waals surface area contributed by atoms with Gasteiger partial charge in [0, 0.05) is 13.2 Å². The van der Waals surface area contributed by atoms with Gasteiger partial charge in [-0.1, -0.05) is 20.3 Å². The number of nitrogens with one attached hydrogen (secondary N) is 1. The number of hydrogen-bond acceptors (Lipinski definition) is 4. The van der Waals surface area contributed by atoms with Gasteiger partial charge in [0.1, 0.15) is 0 Å². The van der Waals surface area contributed by atoms with Gasteiger partial charge >= 0.3 is 0 Å². The molecule has 0 aromatic carbocycles. The van der Waals surface area contributed by atoms with E-state index in [2.05, 4.69) is 12.2 Å². The summed E-state index contributed by atoms with van der Waals surface area (Å²) in [6.07, 6.45) is 2.61. The molecular formula is C13H29NO3S. The molecule has 18 heavy (non-hydrogen) atoms. The third-order valence-electron chi connectivity index (χ3n) is 3.24. The maximum absolute atomic E-state index is 12.0. The van der Waals surface area contributed by atoms with Crippen LogP contribution in [0.25, 0.3) is 0 Å². The molecule has 0 heterocycles. The summed E-state index contributed by atoms with van der Waals surface area (Å²) in [5.41, 5.74) is -0.478. The number of ether oxygens (including phenoxy) is 1. The van der Waals surface area contributed by atoms with Crippen LogP contribution in [0.2, 0.25) is 0 Å². The van der Waals surface area contributed by atoms with E-state index in [1.165, 1.54) is 0 Å². The zero-order chi connectivity index (χ0) is 14.2. The Balaban J connectivity index is 4.68. The number of hydrogen-bond donors (Lipinski definition) is 1. The number of unbranched alkanes of at least 4 members (excludes halogenated alkanes) is 1. The van der Waals surface area contributed by atoms with E-state index in [4.69, 9.17) is 4.74 Å². The minimum Gasteiger partial charge on any atom is -0.377 e. The van der Waals surface area contributed by atoms with Crippen molar-refractivity contribution in [1.29, 1.82) is 0 Å². The van der Waals surface area contributed by atoms with E-state index in [9.17, 15) is 8.42 Å². The maximum atomic E-state index is 12.0. The van der Waals surface area contributed by atoms with Gasteiger partial charge in [0.2, 0.25) is 0 Å². The summed E-state index contributed by atoms with van der Waals surface area (Å²) in [5, 5.41) is 3.29. The third-order valence-corrected chi connectivity index (χ3v) is 4.99. The van der Waals surface area contributed by atoms with Gasteiger partial charge in [-0.2, -0.15) is 0 Å². The fraction of sp³-hybridized carbons (Fsp3) is 1.00. The van der Waals surface area contributed by atoms with E-state index < -0.39 is 15.4 Å². The predicted octanol–water partition coefficient (Wildman–Crippen LogP) is 1.99. The van der Waals surface area contributed by atoms with Crippen molar-refractivity contribution in [1.82, 2.24) is 5.32 Å². The van der Waals surface area contributed by atoms with Crippen molar-refractivity contribution in [3.8, 4) is 0 Å². The zero-order valence-electron chi connectivity index (χ0n) is 12.5. The Morgan fingerprint density at radius 2 is 1.83 bits per heavy atom. The second kappa shape index (κ2) is 8.12. The van der Waals surface area contributed by atoms with Crippen molar-refractivity contribution in [3.05, 3.63) is 0 Å². The standard InChI is InChI=1S/C13H29NO3S/c1-6-8-10-18(15,16)11-12(14-9-7-2)13(3,4)17-5/h12,14H,6-11H2,1-5H3. The lowest BCUT2D eigenvalue weighted by atomic mass is 10.0. The Morgan fingerprint density at radius 3 is 2.28 bits per heavy atom. The van der Waals surface area contributed by atoms with Crippen LogP contribution in [0.4, 0.5) is 0 Å². The molecule has 0 aliphatic rings. The van der Waals surface area contributed by atoms with Crippen molar-refractivity contribution >= 4 is 9.84 Å². The van der Waals surface area contributed by atoms with Gasteiger partial charge in [-0.25, -0.2) is 8.42 Å². The van der Waals surface area contributed by atoms with Crippen molar-refractivity contribution in [3.63, 3.8) is 0 Å². The Kier molecular flexibility index (Phi) is 8.06. The summed E-state index contributed by atoms with van der Waals surface area (Å²) in [6, 6.07) is -0.163. The summed E-state index contributed by atoms with van der Waals surface area (Å²) in [4.78, 5) is 0. The van der Waals surface area contributed by atoms with Crippen molar-refractivity contribution in [2.24, 2.45) is 0 Å². The molecular weight excluding hydrogens is 250 g/mol. The van der Waals surface area contributed by atoms with E-state index in [1.54, 1.807) is 7.11 Å². The summed E-state index contributed by atoms with van der Waals surface area (Å²) < 4.78 is 29.5. The van der Waals surface area contributed by atoms with Gasteiger partial charge in [0.05, 0.1) is 17.1 Å². The second-order valence-corrected chi connectivity index (χ2v) is 7.51. The molecule has 0 aliphatic heterocycles. The highest BCUT2D eigenvalue weighted by atomic mass is 32.2. The maximum Gasteiger partial charge on any atom is 0.151 e. The highest BCUT2D eigenvalue weighted by Crippen LogP contribution is 2.16. The van der Waals surface area contributed by atoms with Crippen LogP contribution in [0, 0.1) is 0 Å². The van der Waals surface area contributed by atoms with Crippen LogP contribution in [0.5, 0.6) is 0 Å². The van der Waals surface area contributed by atoms with Crippen LogP contribution in [0.15, 0.2) is 0 Å². The molecule has 110 valence electrons. The number of sulfone groups is 1. The predicted molar refractivity (Wildman–Crippen MR) is 76.7 cm³/mol. The summed E-state index contributed by atoms with van der Waals surface area (Å²) in [5.74, 6) is 0.418. The largest absolute Gasteiger partial charge is 0.377 e. The normalized spacial score (nSPS) is 14.7.